The topological polar surface area (TPSA) is 52.3 Å². The summed E-state index contributed by atoms with van der Waals surface area (Å²) in [5.41, 5.74) is 31.4. The van der Waals surface area contributed by atoms with Crippen LogP contribution in [0.4, 0.5) is 0 Å². The summed E-state index contributed by atoms with van der Waals surface area (Å²) >= 11 is 0. The largest absolute Gasteiger partial charge is 0.456 e. The van der Waals surface area contributed by atoms with Crippen LogP contribution in [-0.4, -0.2) is 4.98 Å². The monoisotopic (exact) mass is 1750 g/mol. The molecule has 0 saturated carbocycles. The van der Waals surface area contributed by atoms with Crippen LogP contribution < -0.4 is 0 Å². The summed E-state index contributed by atoms with van der Waals surface area (Å²) in [5, 5.41) is 26.6. The zero-order valence-electron chi connectivity index (χ0n) is 75.1. The van der Waals surface area contributed by atoms with E-state index in [1.165, 1.54) is 192 Å². The van der Waals surface area contributed by atoms with Crippen molar-refractivity contribution < 1.29 is 13.3 Å². The summed E-state index contributed by atoms with van der Waals surface area (Å²) in [5.74, 6) is 0. The molecule has 4 nitrogen and oxygen atoms in total. The molecule has 0 radical (unpaired) electrons. The molecule has 0 bridgehead atoms. The molecule has 4 heteroatoms. The lowest BCUT2D eigenvalue weighted by Crippen LogP contribution is -2.28. The Morgan fingerprint density at radius 2 is 0.493 bits per heavy atom. The Morgan fingerprint density at radius 3 is 0.928 bits per heavy atom. The van der Waals surface area contributed by atoms with Crippen LogP contribution in [0.5, 0.6) is 0 Å². The molecule has 0 spiro atoms. The number of hydrogen-bond acceptors (Lipinski definition) is 4. The van der Waals surface area contributed by atoms with Gasteiger partial charge in [0.2, 0.25) is 0 Å². The van der Waals surface area contributed by atoms with Crippen LogP contribution in [0, 0.1) is 0 Å². The van der Waals surface area contributed by atoms with Gasteiger partial charge in [-0.2, -0.15) is 0 Å². The molecule has 138 heavy (non-hydrogen) atoms. The minimum atomic E-state index is -0.564. The Bertz CT molecular complexity index is 9550. The molecule has 0 fully saturated rings. The van der Waals surface area contributed by atoms with Crippen molar-refractivity contribution in [3.8, 4) is 100 Å². The SMILES string of the molecule is c1ccc(-c2c3ccccc3c(-c3cc4c(c5oc6ccccc6c35)-c3ccccc3C4(c3ccccc3)c3ccccc3)c3ccccc23)cc1.c1ccc(-c2c3ccccc3c(-c3ccc4oc5ccccc5c4c3-c3cc4ccccc4c4ccccc34)c3ccccc23)cc1.c1ccc(-c2c3ccccc3c(-c3ccc4oc5ccccc5c4c3-c3ccccn3)c3ccccc23)cc1. The maximum atomic E-state index is 7.10. The molecule has 0 amide bonds. The maximum absolute atomic E-state index is 7.10. The number of fused-ring (bicyclic) bond motifs is 22. The first-order chi connectivity index (χ1) is 68.6. The number of aromatic nitrogens is 1. The zero-order valence-corrected chi connectivity index (χ0v) is 75.1. The van der Waals surface area contributed by atoms with Gasteiger partial charge < -0.3 is 13.3 Å². The van der Waals surface area contributed by atoms with E-state index in [4.69, 9.17) is 18.2 Å². The molecule has 28 aromatic rings. The predicted octanol–water partition coefficient (Wildman–Crippen LogP) is 37.1. The van der Waals surface area contributed by atoms with E-state index in [1.54, 1.807) is 0 Å². The number of para-hydroxylation sites is 3. The molecule has 1 aliphatic carbocycles. The summed E-state index contributed by atoms with van der Waals surface area (Å²) in [6, 6.07) is 179. The third-order valence-electron chi connectivity index (χ3n) is 28.9. The van der Waals surface area contributed by atoms with Gasteiger partial charge in [0.25, 0.3) is 0 Å². The van der Waals surface area contributed by atoms with Crippen molar-refractivity contribution in [1.82, 2.24) is 4.98 Å². The van der Waals surface area contributed by atoms with Crippen molar-refractivity contribution in [3.63, 3.8) is 0 Å². The minimum absolute atomic E-state index is 0.564. The van der Waals surface area contributed by atoms with E-state index < -0.39 is 5.41 Å². The standard InChI is InChI=1S/C51H32O.C46H28O.C37H23NO/c1-4-18-33(19-5-1)46-36-24-10-12-26-38(36)47(39-27-13-11-25-37(39)46)42-32-44-49(50-48(42)41-29-15-17-31-45(41)52-50)40-28-14-16-30-43(40)51(44,34-20-6-2-7-21-34)35-22-8-3-9-23-35;1-2-14-29(15-3-1)43-34-20-8-10-22-36(34)44(37-23-11-9-21-35(37)43)39-26-27-42-46(38-24-12-13-25-41(38)47-42)45(39)40-28-30-16-4-5-17-31(30)32-18-6-7-19-33(32)40;1-2-12-24(13-3-1)34-25-14-4-6-16-27(25)35(28-17-7-5-15-26(28)34)30-21-22-33-37(29-18-8-9-20-32(29)39-33)36(30)31-19-10-11-23-38-31/h1-32H;1-28H;1-23H. The molecular formula is C134H83NO3. The number of pyridine rings is 1. The summed E-state index contributed by atoms with van der Waals surface area (Å²) in [7, 11) is 0. The first-order valence-electron chi connectivity index (χ1n) is 47.5. The third kappa shape index (κ3) is 12.4. The van der Waals surface area contributed by atoms with Gasteiger partial charge in [0, 0.05) is 55.2 Å². The van der Waals surface area contributed by atoms with Gasteiger partial charge in [-0.3, -0.25) is 4.98 Å². The average Bonchev–Trinajstić information content (AvgIpc) is 1.51. The van der Waals surface area contributed by atoms with Crippen LogP contribution >= 0.6 is 0 Å². The molecule has 4 heterocycles. The second kappa shape index (κ2) is 32.7. The van der Waals surface area contributed by atoms with E-state index >= 15 is 0 Å². The highest BCUT2D eigenvalue weighted by atomic mass is 16.3. The van der Waals surface area contributed by atoms with Gasteiger partial charge in [-0.25, -0.2) is 0 Å². The zero-order chi connectivity index (χ0) is 90.9. The molecule has 1 aliphatic rings. The molecule has 24 aromatic carbocycles. The summed E-state index contributed by atoms with van der Waals surface area (Å²) < 4.78 is 20.0. The third-order valence-corrected chi connectivity index (χ3v) is 28.9. The highest BCUT2D eigenvalue weighted by Gasteiger charge is 2.48. The lowest BCUT2D eigenvalue weighted by atomic mass is 9.67. The summed E-state index contributed by atoms with van der Waals surface area (Å²) in [6.45, 7) is 0. The van der Waals surface area contributed by atoms with Gasteiger partial charge in [-0.05, 0) is 253 Å². The van der Waals surface area contributed by atoms with E-state index in [9.17, 15) is 0 Å². The molecule has 29 rings (SSSR count). The van der Waals surface area contributed by atoms with Crippen LogP contribution in [0.1, 0.15) is 22.3 Å². The van der Waals surface area contributed by atoms with E-state index in [2.05, 4.69) is 479 Å². The predicted molar refractivity (Wildman–Crippen MR) is 580 cm³/mol. The molecule has 0 aliphatic heterocycles. The fraction of sp³-hybridized carbons (Fsp3) is 0.00746. The number of furan rings is 3. The van der Waals surface area contributed by atoms with Gasteiger partial charge in [0.05, 0.1) is 11.1 Å². The number of nitrogens with zero attached hydrogens (tertiary/aromatic N) is 1. The summed E-state index contributed by atoms with van der Waals surface area (Å²) in [6.07, 6.45) is 1.87. The first kappa shape index (κ1) is 79.6. The van der Waals surface area contributed by atoms with E-state index in [1.807, 2.05) is 24.4 Å². The fourth-order valence-electron chi connectivity index (χ4n) is 23.4. The Labute approximate surface area is 796 Å². The van der Waals surface area contributed by atoms with Gasteiger partial charge >= 0.3 is 0 Å². The number of rotatable bonds is 10. The van der Waals surface area contributed by atoms with Gasteiger partial charge in [-0.1, -0.05) is 431 Å². The minimum Gasteiger partial charge on any atom is -0.456 e. The molecule has 0 saturated heterocycles. The van der Waals surface area contributed by atoms with E-state index in [0.29, 0.717) is 0 Å². The molecule has 0 unspecified atom stereocenters. The van der Waals surface area contributed by atoms with Gasteiger partial charge in [-0.15, -0.1) is 0 Å². The van der Waals surface area contributed by atoms with Crippen LogP contribution in [0.15, 0.2) is 517 Å². The second-order valence-corrected chi connectivity index (χ2v) is 36.1. The number of benzene rings is 24. The first-order valence-corrected chi connectivity index (χ1v) is 47.5. The van der Waals surface area contributed by atoms with Crippen molar-refractivity contribution in [3.05, 3.63) is 526 Å². The number of hydrogen-bond donors (Lipinski definition) is 0. The lowest BCUT2D eigenvalue weighted by Gasteiger charge is -2.34. The van der Waals surface area contributed by atoms with Gasteiger partial charge in [0.1, 0.15) is 33.5 Å². The molecule has 0 N–H and O–H groups in total. The van der Waals surface area contributed by atoms with Crippen LogP contribution in [0.3, 0.4) is 0 Å². The van der Waals surface area contributed by atoms with Crippen LogP contribution in [0.25, 0.3) is 252 Å². The maximum Gasteiger partial charge on any atom is 0.144 e. The van der Waals surface area contributed by atoms with Gasteiger partial charge in [0.15, 0.2) is 0 Å². The van der Waals surface area contributed by atoms with Crippen molar-refractivity contribution in [2.45, 2.75) is 5.41 Å². The quantitative estimate of drug-likeness (QED) is 0.101. The smallest absolute Gasteiger partial charge is 0.144 e. The van der Waals surface area contributed by atoms with Crippen molar-refractivity contribution >= 4 is 152 Å². The normalized spacial score (nSPS) is 12.3. The highest BCUT2D eigenvalue weighted by molar-refractivity contribution is 6.32. The lowest BCUT2D eigenvalue weighted by molar-refractivity contribution is 0.668. The van der Waals surface area contributed by atoms with E-state index in [0.717, 1.165) is 82.6 Å². The Hall–Kier alpha value is -18.1. The molecule has 4 aromatic heterocycles. The van der Waals surface area contributed by atoms with Crippen LogP contribution in [0.2, 0.25) is 0 Å². The van der Waals surface area contributed by atoms with E-state index in [-0.39, 0.29) is 0 Å². The molecule has 642 valence electrons. The van der Waals surface area contributed by atoms with Crippen molar-refractivity contribution in [2.24, 2.45) is 0 Å². The highest BCUT2D eigenvalue weighted by Crippen LogP contribution is 2.62. The summed E-state index contributed by atoms with van der Waals surface area (Å²) in [4.78, 5) is 4.86. The van der Waals surface area contributed by atoms with Crippen molar-refractivity contribution in [2.75, 3.05) is 0 Å². The molecule has 0 atom stereocenters. The van der Waals surface area contributed by atoms with Crippen molar-refractivity contribution in [1.29, 1.82) is 0 Å². The Kier molecular flexibility index (Phi) is 18.9. The molecular weight excluding hydrogens is 1670 g/mol. The van der Waals surface area contributed by atoms with Crippen LogP contribution in [-0.2, 0) is 5.41 Å². The second-order valence-electron chi connectivity index (χ2n) is 36.1. The Morgan fingerprint density at radius 1 is 0.167 bits per heavy atom. The fourth-order valence-corrected chi connectivity index (χ4v) is 23.4. The average molecular weight is 1760 g/mol. The Balaban J connectivity index is 0.000000105.